The first-order chi connectivity index (χ1) is 17.0. The molecule has 0 fully saturated rings. The number of aliphatic imine (C=N–C) groups is 1. The summed E-state index contributed by atoms with van der Waals surface area (Å²) in [6.07, 6.45) is 3.41. The number of nitrogens with two attached hydrogens (primary N) is 1. The fourth-order valence-electron chi connectivity index (χ4n) is 5.92. The molecule has 174 valence electrons. The zero-order valence-electron chi connectivity index (χ0n) is 19.6. The van der Waals surface area contributed by atoms with Crippen LogP contribution in [-0.4, -0.2) is 29.9 Å². The maximum atomic E-state index is 13.7. The Morgan fingerprint density at radius 3 is 2.74 bits per heavy atom. The van der Waals surface area contributed by atoms with Crippen LogP contribution >= 0.6 is 0 Å². The van der Waals surface area contributed by atoms with E-state index in [1.165, 1.54) is 16.0 Å². The van der Waals surface area contributed by atoms with E-state index in [-0.39, 0.29) is 23.9 Å². The van der Waals surface area contributed by atoms with Crippen molar-refractivity contribution in [3.05, 3.63) is 89.0 Å². The number of benzene rings is 3. The highest BCUT2D eigenvalue weighted by Crippen LogP contribution is 2.50. The summed E-state index contributed by atoms with van der Waals surface area (Å²) in [5.74, 6) is 0.955. The fraction of sp³-hybridized carbons (Fsp3) is 0.276. The van der Waals surface area contributed by atoms with E-state index in [2.05, 4.69) is 30.3 Å². The number of guanidine groups is 1. The number of carbonyl (C=O) groups excluding carboxylic acids is 1. The maximum Gasteiger partial charge on any atom is 0.261 e. The van der Waals surface area contributed by atoms with Gasteiger partial charge in [0.05, 0.1) is 11.6 Å². The molecule has 1 amide bonds. The van der Waals surface area contributed by atoms with E-state index < -0.39 is 5.54 Å². The summed E-state index contributed by atoms with van der Waals surface area (Å²) in [5.41, 5.74) is 10.9. The standard InChI is InChI=1S/C29H26N4O2/c1-33-27(34)29(32-28(33)31)16-26(23-11-5-8-19-7-2-3-10-22(19)23)35-25-13-12-21(15-24(25)29)20-9-4-6-18(14-20)17-30/h2-4,6-7,9-10,12-15,23,26H,5,8,11,16H2,1H3,(H2,31,32)/t23?,26-,29?/m0/s1. The van der Waals surface area contributed by atoms with Crippen molar-refractivity contribution < 1.29 is 9.53 Å². The molecule has 2 N–H and O–H groups in total. The molecule has 0 radical (unpaired) electrons. The van der Waals surface area contributed by atoms with E-state index in [0.29, 0.717) is 17.7 Å². The zero-order valence-corrected chi connectivity index (χ0v) is 19.6. The molecule has 0 bridgehead atoms. The molecule has 0 saturated heterocycles. The number of fused-ring (bicyclic) bond motifs is 3. The molecule has 2 heterocycles. The second-order valence-corrected chi connectivity index (χ2v) is 9.66. The number of amides is 1. The average molecular weight is 463 g/mol. The van der Waals surface area contributed by atoms with Crippen molar-refractivity contribution in [2.24, 2.45) is 10.7 Å². The molecule has 2 unspecified atom stereocenters. The summed E-state index contributed by atoms with van der Waals surface area (Å²) in [5, 5.41) is 9.33. The highest BCUT2D eigenvalue weighted by Gasteiger charge is 2.54. The third-order valence-corrected chi connectivity index (χ3v) is 7.70. The Kier molecular flexibility index (Phi) is 4.89. The van der Waals surface area contributed by atoms with Gasteiger partial charge in [-0.25, -0.2) is 4.99 Å². The van der Waals surface area contributed by atoms with Crippen molar-refractivity contribution in [1.29, 1.82) is 5.26 Å². The Labute approximate surface area is 204 Å². The normalized spacial score (nSPS) is 24.9. The predicted molar refractivity (Wildman–Crippen MR) is 134 cm³/mol. The van der Waals surface area contributed by atoms with Gasteiger partial charge < -0.3 is 10.5 Å². The van der Waals surface area contributed by atoms with E-state index in [1.807, 2.05) is 36.4 Å². The minimum Gasteiger partial charge on any atom is -0.489 e. The smallest absolute Gasteiger partial charge is 0.261 e. The van der Waals surface area contributed by atoms with Gasteiger partial charge in [0.2, 0.25) is 0 Å². The summed E-state index contributed by atoms with van der Waals surface area (Å²) in [6.45, 7) is 0. The second-order valence-electron chi connectivity index (χ2n) is 9.66. The largest absolute Gasteiger partial charge is 0.489 e. The molecule has 0 saturated carbocycles. The van der Waals surface area contributed by atoms with Gasteiger partial charge >= 0.3 is 0 Å². The van der Waals surface area contributed by atoms with Crippen LogP contribution in [0.3, 0.4) is 0 Å². The molecule has 6 nitrogen and oxygen atoms in total. The van der Waals surface area contributed by atoms with E-state index in [1.54, 1.807) is 13.1 Å². The number of ether oxygens (including phenoxy) is 1. The number of likely N-dealkylation sites (N-methyl/N-ethyl adjacent to an activating group) is 1. The van der Waals surface area contributed by atoms with Gasteiger partial charge in [-0.1, -0.05) is 42.5 Å². The Bertz CT molecular complexity index is 1420. The molecular formula is C29H26N4O2. The van der Waals surface area contributed by atoms with Crippen molar-refractivity contribution in [2.75, 3.05) is 7.05 Å². The van der Waals surface area contributed by atoms with Crippen LogP contribution in [0.1, 0.15) is 47.4 Å². The highest BCUT2D eigenvalue weighted by molar-refractivity contribution is 6.07. The van der Waals surface area contributed by atoms with Crippen molar-refractivity contribution in [3.63, 3.8) is 0 Å². The Balaban J connectivity index is 1.48. The first-order valence-corrected chi connectivity index (χ1v) is 12.0. The molecule has 3 atom stereocenters. The summed E-state index contributed by atoms with van der Waals surface area (Å²) < 4.78 is 6.64. The van der Waals surface area contributed by atoms with E-state index in [9.17, 15) is 10.1 Å². The fourth-order valence-corrected chi connectivity index (χ4v) is 5.92. The Hall–Kier alpha value is -4.11. The number of aryl methyl sites for hydroxylation is 1. The number of nitrogens with zero attached hydrogens (tertiary/aromatic N) is 3. The number of nitriles is 1. The lowest BCUT2D eigenvalue weighted by Crippen LogP contribution is -2.47. The van der Waals surface area contributed by atoms with Crippen molar-refractivity contribution >= 4 is 11.9 Å². The molecule has 3 aliphatic rings. The first kappa shape index (κ1) is 21.4. The first-order valence-electron chi connectivity index (χ1n) is 12.0. The summed E-state index contributed by atoms with van der Waals surface area (Å²) in [4.78, 5) is 19.9. The van der Waals surface area contributed by atoms with Gasteiger partial charge in [0.25, 0.3) is 5.91 Å². The molecule has 0 aromatic heterocycles. The molecule has 35 heavy (non-hydrogen) atoms. The van der Waals surface area contributed by atoms with Crippen LogP contribution in [0.25, 0.3) is 11.1 Å². The summed E-state index contributed by atoms with van der Waals surface area (Å²) in [6, 6.07) is 24.1. The number of hydrogen-bond donors (Lipinski definition) is 1. The topological polar surface area (TPSA) is 91.7 Å². The van der Waals surface area contributed by atoms with Crippen molar-refractivity contribution in [3.8, 4) is 22.9 Å². The zero-order chi connectivity index (χ0) is 24.2. The minimum atomic E-state index is -1.12. The molecule has 3 aromatic carbocycles. The monoisotopic (exact) mass is 462 g/mol. The number of hydrogen-bond acceptors (Lipinski definition) is 5. The van der Waals surface area contributed by atoms with Gasteiger partial charge in [0.1, 0.15) is 11.9 Å². The van der Waals surface area contributed by atoms with E-state index >= 15 is 0 Å². The Morgan fingerprint density at radius 2 is 1.94 bits per heavy atom. The number of carbonyl (C=O) groups is 1. The lowest BCUT2D eigenvalue weighted by Gasteiger charge is -2.41. The third-order valence-electron chi connectivity index (χ3n) is 7.70. The maximum absolute atomic E-state index is 13.7. The van der Waals surface area contributed by atoms with Gasteiger partial charge in [0.15, 0.2) is 11.5 Å². The lowest BCUT2D eigenvalue weighted by atomic mass is 9.73. The lowest BCUT2D eigenvalue weighted by molar-refractivity contribution is -0.132. The van der Waals surface area contributed by atoms with Crippen LogP contribution in [0, 0.1) is 11.3 Å². The van der Waals surface area contributed by atoms with Gasteiger partial charge in [-0.05, 0) is 65.8 Å². The molecule has 6 rings (SSSR count). The van der Waals surface area contributed by atoms with E-state index in [4.69, 9.17) is 15.5 Å². The average Bonchev–Trinajstić information content (AvgIpc) is 3.11. The minimum absolute atomic E-state index is 0.128. The van der Waals surface area contributed by atoms with Crippen LogP contribution in [0.15, 0.2) is 71.7 Å². The van der Waals surface area contributed by atoms with Crippen LogP contribution < -0.4 is 10.5 Å². The second kappa shape index (κ2) is 7.99. The summed E-state index contributed by atoms with van der Waals surface area (Å²) in [7, 11) is 1.68. The van der Waals surface area contributed by atoms with Crippen LogP contribution in [0.5, 0.6) is 5.75 Å². The Morgan fingerprint density at radius 1 is 1.11 bits per heavy atom. The SMILES string of the molecule is CN1C(=O)C2(C[C@@H](C3CCCc4ccccc43)Oc3ccc(-c4cccc(C#N)c4)cc32)N=C1N. The van der Waals surface area contributed by atoms with E-state index in [0.717, 1.165) is 36.0 Å². The van der Waals surface area contributed by atoms with Crippen molar-refractivity contribution in [2.45, 2.75) is 43.2 Å². The molecule has 1 aliphatic carbocycles. The quantitative estimate of drug-likeness (QED) is 0.608. The van der Waals surface area contributed by atoms with Gasteiger partial charge in [-0.3, -0.25) is 9.69 Å². The predicted octanol–water partition coefficient (Wildman–Crippen LogP) is 4.48. The van der Waals surface area contributed by atoms with Crippen molar-refractivity contribution in [1.82, 2.24) is 4.90 Å². The van der Waals surface area contributed by atoms with Crippen LogP contribution in [-0.2, 0) is 16.8 Å². The third kappa shape index (κ3) is 3.30. The van der Waals surface area contributed by atoms with Gasteiger partial charge in [0, 0.05) is 24.9 Å². The molecular weight excluding hydrogens is 436 g/mol. The van der Waals surface area contributed by atoms with Crippen LogP contribution in [0.2, 0.25) is 0 Å². The highest BCUT2D eigenvalue weighted by atomic mass is 16.5. The van der Waals surface area contributed by atoms with Gasteiger partial charge in [-0.2, -0.15) is 5.26 Å². The summed E-state index contributed by atoms with van der Waals surface area (Å²) >= 11 is 0. The molecule has 2 aliphatic heterocycles. The number of rotatable bonds is 2. The molecule has 1 spiro atoms. The molecule has 3 aromatic rings. The van der Waals surface area contributed by atoms with Crippen LogP contribution in [0.4, 0.5) is 0 Å². The van der Waals surface area contributed by atoms with Gasteiger partial charge in [-0.15, -0.1) is 0 Å². The molecule has 6 heteroatoms.